The summed E-state index contributed by atoms with van der Waals surface area (Å²) in [4.78, 5) is 18.5. The second-order valence-corrected chi connectivity index (χ2v) is 13.1. The molecule has 5 heterocycles. The van der Waals surface area contributed by atoms with Gasteiger partial charge in [-0.25, -0.2) is 13.3 Å². The Hall–Kier alpha value is -3.88. The topological polar surface area (TPSA) is 99.1 Å². The van der Waals surface area contributed by atoms with Gasteiger partial charge in [-0.3, -0.25) is 9.88 Å². The van der Waals surface area contributed by atoms with Crippen molar-refractivity contribution in [2.45, 2.75) is 44.6 Å². The number of halogens is 2. The summed E-state index contributed by atoms with van der Waals surface area (Å²) < 4.78 is 67.1. The second-order valence-electron chi connectivity index (χ2n) is 12.1. The van der Waals surface area contributed by atoms with E-state index in [1.807, 2.05) is 4.90 Å². The smallest absolute Gasteiger partial charge is 0.367 e. The summed E-state index contributed by atoms with van der Waals surface area (Å²) in [7, 11) is -2.91. The van der Waals surface area contributed by atoms with Crippen molar-refractivity contribution in [2.24, 2.45) is 0 Å². The summed E-state index contributed by atoms with van der Waals surface area (Å²) in [6.45, 7) is 6.70. The molecule has 0 N–H and O–H groups in total. The van der Waals surface area contributed by atoms with E-state index in [1.54, 1.807) is 13.0 Å². The van der Waals surface area contributed by atoms with Crippen LogP contribution >= 0.6 is 8.25 Å². The van der Waals surface area contributed by atoms with E-state index >= 15 is 8.78 Å². The zero-order valence-corrected chi connectivity index (χ0v) is 27.2. The molecule has 2 aromatic heterocycles. The lowest BCUT2D eigenvalue weighted by atomic mass is 9.95. The maximum atomic E-state index is 17.0. The SMILES string of the molecule is C#Cc1c(F)ccc2cc(O[PH](=O)OCC)cc(-c3ncc4c(N5CCCOCC5)nc(OCC56CCCN5CCC6)nc4c3F)c12. The number of hydrogen-bond donors (Lipinski definition) is 0. The van der Waals surface area contributed by atoms with Crippen LogP contribution in [0.3, 0.4) is 0 Å². The van der Waals surface area contributed by atoms with E-state index in [4.69, 9.17) is 29.9 Å². The Morgan fingerprint density at radius 2 is 1.91 bits per heavy atom. The van der Waals surface area contributed by atoms with E-state index in [9.17, 15) is 4.57 Å². The first-order chi connectivity index (χ1) is 22.9. The molecule has 47 heavy (non-hydrogen) atoms. The zero-order chi connectivity index (χ0) is 32.5. The van der Waals surface area contributed by atoms with Crippen LogP contribution < -0.4 is 14.2 Å². The minimum atomic E-state index is -2.91. The molecule has 4 aromatic rings. The van der Waals surface area contributed by atoms with Gasteiger partial charge < -0.3 is 23.4 Å². The molecule has 0 spiro atoms. The Labute approximate surface area is 272 Å². The first kappa shape index (κ1) is 31.7. The highest BCUT2D eigenvalue weighted by molar-refractivity contribution is 7.33. The number of ether oxygens (including phenoxy) is 2. The number of fused-ring (bicyclic) bond motifs is 3. The summed E-state index contributed by atoms with van der Waals surface area (Å²) in [5.74, 6) is 1.64. The third-order valence-electron chi connectivity index (χ3n) is 9.35. The number of nitrogens with zero attached hydrogens (tertiary/aromatic N) is 5. The van der Waals surface area contributed by atoms with E-state index in [2.05, 4.69) is 20.8 Å². The molecule has 10 nitrogen and oxygen atoms in total. The van der Waals surface area contributed by atoms with E-state index in [1.165, 1.54) is 24.4 Å². The van der Waals surface area contributed by atoms with Crippen molar-refractivity contribution in [3.8, 4) is 35.4 Å². The van der Waals surface area contributed by atoms with Crippen LogP contribution in [-0.4, -0.2) is 78.0 Å². The van der Waals surface area contributed by atoms with Gasteiger partial charge in [0, 0.05) is 36.8 Å². The molecule has 3 fully saturated rings. The van der Waals surface area contributed by atoms with Crippen LogP contribution in [0.15, 0.2) is 30.5 Å². The number of anilines is 1. The minimum absolute atomic E-state index is 0.00777. The van der Waals surface area contributed by atoms with Gasteiger partial charge in [-0.1, -0.05) is 12.0 Å². The first-order valence-electron chi connectivity index (χ1n) is 16.1. The van der Waals surface area contributed by atoms with Crippen molar-refractivity contribution in [3.05, 3.63) is 47.7 Å². The van der Waals surface area contributed by atoms with E-state index in [0.29, 0.717) is 49.5 Å². The summed E-state index contributed by atoms with van der Waals surface area (Å²) in [5.41, 5.74) is -0.0785. The van der Waals surface area contributed by atoms with Crippen molar-refractivity contribution < 1.29 is 31.9 Å². The largest absolute Gasteiger partial charge is 0.461 e. The molecular weight excluding hydrogens is 627 g/mol. The molecule has 1 atom stereocenters. The third kappa shape index (κ3) is 6.02. The predicted octanol–water partition coefficient (Wildman–Crippen LogP) is 6.14. The monoisotopic (exact) mass is 663 g/mol. The highest BCUT2D eigenvalue weighted by Gasteiger charge is 2.45. The fourth-order valence-electron chi connectivity index (χ4n) is 7.18. The summed E-state index contributed by atoms with van der Waals surface area (Å²) in [6, 6.07) is 5.81. The molecule has 0 aliphatic carbocycles. The number of terminal acetylenes is 1. The molecule has 0 bridgehead atoms. The van der Waals surface area contributed by atoms with Crippen molar-refractivity contribution in [3.63, 3.8) is 0 Å². The van der Waals surface area contributed by atoms with Gasteiger partial charge >= 0.3 is 14.3 Å². The average molecular weight is 664 g/mol. The molecule has 1 unspecified atom stereocenters. The maximum absolute atomic E-state index is 17.0. The lowest BCUT2D eigenvalue weighted by molar-refractivity contribution is 0.108. The normalized spacial score (nSPS) is 18.6. The molecule has 0 amide bonds. The van der Waals surface area contributed by atoms with Crippen LogP contribution in [0.4, 0.5) is 14.6 Å². The summed E-state index contributed by atoms with van der Waals surface area (Å²) >= 11 is 0. The lowest BCUT2D eigenvalue weighted by Crippen LogP contribution is -2.43. The predicted molar refractivity (Wildman–Crippen MR) is 175 cm³/mol. The van der Waals surface area contributed by atoms with Crippen molar-refractivity contribution in [2.75, 3.05) is 57.5 Å². The zero-order valence-electron chi connectivity index (χ0n) is 26.2. The molecule has 3 aliphatic heterocycles. The molecule has 0 radical (unpaired) electrons. The molecule has 3 aliphatic rings. The van der Waals surface area contributed by atoms with Gasteiger partial charge in [0.05, 0.1) is 29.7 Å². The first-order valence-corrected chi connectivity index (χ1v) is 17.3. The van der Waals surface area contributed by atoms with Gasteiger partial charge in [-0.2, -0.15) is 9.97 Å². The second kappa shape index (κ2) is 13.3. The fraction of sp³-hybridized carbons (Fsp3) is 0.441. The molecule has 246 valence electrons. The molecule has 3 saturated heterocycles. The van der Waals surface area contributed by atoms with Crippen molar-refractivity contribution in [1.29, 1.82) is 0 Å². The van der Waals surface area contributed by atoms with Crippen LogP contribution in [0.25, 0.3) is 32.9 Å². The van der Waals surface area contributed by atoms with Gasteiger partial charge in [0.1, 0.15) is 35.2 Å². The number of rotatable bonds is 9. The number of benzene rings is 2. The Bertz CT molecular complexity index is 1890. The van der Waals surface area contributed by atoms with Crippen LogP contribution in [0.2, 0.25) is 0 Å². The van der Waals surface area contributed by atoms with Crippen LogP contribution in [0.5, 0.6) is 11.8 Å². The van der Waals surface area contributed by atoms with Gasteiger partial charge in [0.2, 0.25) is 0 Å². The van der Waals surface area contributed by atoms with Gasteiger partial charge in [0.25, 0.3) is 0 Å². The Morgan fingerprint density at radius 1 is 1.09 bits per heavy atom. The van der Waals surface area contributed by atoms with Crippen molar-refractivity contribution >= 4 is 35.7 Å². The maximum Gasteiger partial charge on any atom is 0.367 e. The number of pyridine rings is 1. The van der Waals surface area contributed by atoms with Crippen molar-refractivity contribution in [1.82, 2.24) is 19.9 Å². The Morgan fingerprint density at radius 3 is 2.70 bits per heavy atom. The number of aromatic nitrogens is 3. The quantitative estimate of drug-likeness (QED) is 0.153. The van der Waals surface area contributed by atoms with Crippen LogP contribution in [-0.2, 0) is 13.8 Å². The third-order valence-corrected chi connectivity index (χ3v) is 10.3. The molecular formula is C34H36F2N5O5P. The summed E-state index contributed by atoms with van der Waals surface area (Å²) in [5, 5.41) is 1.12. The van der Waals surface area contributed by atoms with Gasteiger partial charge in [0.15, 0.2) is 5.82 Å². The highest BCUT2D eigenvalue weighted by atomic mass is 31.1. The lowest BCUT2D eigenvalue weighted by Gasteiger charge is -2.31. The average Bonchev–Trinajstić information content (AvgIpc) is 3.53. The molecule has 0 saturated carbocycles. The molecule has 13 heteroatoms. The minimum Gasteiger partial charge on any atom is -0.461 e. The van der Waals surface area contributed by atoms with E-state index in [0.717, 1.165) is 45.2 Å². The molecule has 2 aromatic carbocycles. The van der Waals surface area contributed by atoms with Crippen LogP contribution in [0, 0.1) is 24.0 Å². The molecule has 7 rings (SSSR count). The fourth-order valence-corrected chi connectivity index (χ4v) is 7.78. The van der Waals surface area contributed by atoms with Crippen LogP contribution in [0.1, 0.15) is 44.6 Å². The van der Waals surface area contributed by atoms with E-state index < -0.39 is 19.9 Å². The highest BCUT2D eigenvalue weighted by Crippen LogP contribution is 2.42. The Balaban J connectivity index is 1.39. The van der Waals surface area contributed by atoms with Gasteiger partial charge in [-0.05, 0) is 75.7 Å². The van der Waals surface area contributed by atoms with E-state index in [-0.39, 0.29) is 51.6 Å². The Kier molecular flexibility index (Phi) is 8.99. The summed E-state index contributed by atoms with van der Waals surface area (Å²) in [6.07, 6.45) is 12.3. The standard InChI is InChI=1S/C34H36F2N5O5P/c1-3-24-27(35)9-8-22-18-23(46-47(42)45-4-2)19-25(28(22)24)30-29(36)31-26(20-37-30)32(40-12-7-16-43-17-15-40)39-33(38-31)44-21-34-10-5-13-41(34)14-6-11-34/h1,8-9,18-20,47H,4-7,10-17,21H2,2H3. The van der Waals surface area contributed by atoms with Gasteiger partial charge in [-0.15, -0.1) is 6.42 Å². The number of hydrogen-bond acceptors (Lipinski definition) is 10.